The summed E-state index contributed by atoms with van der Waals surface area (Å²) in [7, 11) is 0. The van der Waals surface area contributed by atoms with Crippen LogP contribution in [-0.4, -0.2) is 41.7 Å². The topological polar surface area (TPSA) is 71.5 Å². The van der Waals surface area contributed by atoms with E-state index in [1.165, 1.54) is 18.3 Å². The van der Waals surface area contributed by atoms with E-state index in [-0.39, 0.29) is 24.1 Å². The van der Waals surface area contributed by atoms with Gasteiger partial charge in [0.05, 0.1) is 12.2 Å². The van der Waals surface area contributed by atoms with Crippen LogP contribution in [0.4, 0.5) is 8.78 Å². The van der Waals surface area contributed by atoms with Gasteiger partial charge in [-0.25, -0.2) is 13.8 Å². The first-order valence-electron chi connectivity index (χ1n) is 5.31. The molecule has 1 aromatic heterocycles. The molecule has 0 aliphatic heterocycles. The molecule has 18 heavy (non-hydrogen) atoms. The van der Waals surface area contributed by atoms with Crippen molar-refractivity contribution in [2.24, 2.45) is 0 Å². The predicted molar refractivity (Wildman–Crippen MR) is 59.8 cm³/mol. The summed E-state index contributed by atoms with van der Waals surface area (Å²) < 4.78 is 28.4. The molecule has 0 fully saturated rings. The SMILES string of the molecule is CC(CO)NC(=O)c1ccc(OCC(F)F)nc1. The molecule has 0 spiro atoms. The fourth-order valence-corrected chi connectivity index (χ4v) is 1.10. The van der Waals surface area contributed by atoms with E-state index >= 15 is 0 Å². The van der Waals surface area contributed by atoms with Crippen molar-refractivity contribution in [2.45, 2.75) is 19.4 Å². The Morgan fingerprint density at radius 3 is 2.78 bits per heavy atom. The Morgan fingerprint density at radius 2 is 2.28 bits per heavy atom. The van der Waals surface area contributed by atoms with Crippen molar-refractivity contribution in [3.8, 4) is 5.88 Å². The van der Waals surface area contributed by atoms with Crippen LogP contribution in [0.1, 0.15) is 17.3 Å². The third kappa shape index (κ3) is 4.62. The van der Waals surface area contributed by atoms with Crippen LogP contribution >= 0.6 is 0 Å². The molecular weight excluding hydrogens is 246 g/mol. The van der Waals surface area contributed by atoms with Crippen molar-refractivity contribution < 1.29 is 23.4 Å². The minimum absolute atomic E-state index is 0.0297. The maximum atomic E-state index is 11.9. The van der Waals surface area contributed by atoms with Gasteiger partial charge in [-0.05, 0) is 13.0 Å². The lowest BCUT2D eigenvalue weighted by atomic mass is 10.2. The molecule has 5 nitrogen and oxygen atoms in total. The van der Waals surface area contributed by atoms with E-state index < -0.39 is 18.9 Å². The summed E-state index contributed by atoms with van der Waals surface area (Å²) in [5.41, 5.74) is 0.264. The minimum atomic E-state index is -2.57. The number of carbonyl (C=O) groups is 1. The van der Waals surface area contributed by atoms with E-state index in [4.69, 9.17) is 5.11 Å². The number of aliphatic hydroxyl groups is 1. The van der Waals surface area contributed by atoms with Crippen LogP contribution in [0, 0.1) is 0 Å². The lowest BCUT2D eigenvalue weighted by Crippen LogP contribution is -2.35. The van der Waals surface area contributed by atoms with Crippen molar-refractivity contribution in [2.75, 3.05) is 13.2 Å². The molecule has 0 aliphatic carbocycles. The molecule has 0 aromatic carbocycles. The van der Waals surface area contributed by atoms with Crippen LogP contribution in [0.3, 0.4) is 0 Å². The third-order valence-electron chi connectivity index (χ3n) is 2.01. The van der Waals surface area contributed by atoms with Crippen LogP contribution in [0.25, 0.3) is 0 Å². The van der Waals surface area contributed by atoms with Gasteiger partial charge in [0, 0.05) is 18.3 Å². The Bertz CT molecular complexity index is 384. The molecular formula is C11H14F2N2O3. The van der Waals surface area contributed by atoms with Gasteiger partial charge in [0.25, 0.3) is 12.3 Å². The molecule has 0 saturated carbocycles. The van der Waals surface area contributed by atoms with Crippen molar-refractivity contribution in [3.05, 3.63) is 23.9 Å². The molecule has 1 amide bonds. The predicted octanol–water partition coefficient (Wildman–Crippen LogP) is 0.836. The number of pyridine rings is 1. The molecule has 1 heterocycles. The molecule has 2 N–H and O–H groups in total. The lowest BCUT2D eigenvalue weighted by Gasteiger charge is -2.10. The highest BCUT2D eigenvalue weighted by Crippen LogP contribution is 2.09. The second kappa shape index (κ2) is 6.85. The Hall–Kier alpha value is -1.76. The number of nitrogens with one attached hydrogen (secondary N) is 1. The molecule has 0 saturated heterocycles. The van der Waals surface area contributed by atoms with Gasteiger partial charge < -0.3 is 15.2 Å². The van der Waals surface area contributed by atoms with Gasteiger partial charge in [-0.15, -0.1) is 0 Å². The Morgan fingerprint density at radius 1 is 1.56 bits per heavy atom. The van der Waals surface area contributed by atoms with Crippen LogP contribution in [0.15, 0.2) is 18.3 Å². The standard InChI is InChI=1S/C11H14F2N2O3/c1-7(5-16)15-11(17)8-2-3-10(14-4-8)18-6-9(12)13/h2-4,7,9,16H,5-6H2,1H3,(H,15,17). The van der Waals surface area contributed by atoms with Crippen LogP contribution in [0.2, 0.25) is 0 Å². The molecule has 100 valence electrons. The number of rotatable bonds is 6. The van der Waals surface area contributed by atoms with Crippen molar-refractivity contribution >= 4 is 5.91 Å². The van der Waals surface area contributed by atoms with Crippen molar-refractivity contribution in [1.82, 2.24) is 10.3 Å². The van der Waals surface area contributed by atoms with Gasteiger partial charge in [0.2, 0.25) is 5.88 Å². The van der Waals surface area contributed by atoms with Crippen LogP contribution < -0.4 is 10.1 Å². The van der Waals surface area contributed by atoms with E-state index in [0.717, 1.165) is 0 Å². The number of ether oxygens (including phenoxy) is 1. The maximum Gasteiger partial charge on any atom is 0.272 e. The summed E-state index contributed by atoms with van der Waals surface area (Å²) in [4.78, 5) is 15.3. The zero-order valence-corrected chi connectivity index (χ0v) is 9.77. The summed E-state index contributed by atoms with van der Waals surface area (Å²) in [5, 5.41) is 11.3. The molecule has 1 rings (SSSR count). The number of carbonyl (C=O) groups excluding carboxylic acids is 1. The number of aromatic nitrogens is 1. The second-order valence-electron chi connectivity index (χ2n) is 3.64. The van der Waals surface area contributed by atoms with Crippen LogP contribution in [-0.2, 0) is 0 Å². The molecule has 0 aliphatic rings. The largest absolute Gasteiger partial charge is 0.472 e. The van der Waals surface area contributed by atoms with Gasteiger partial charge in [0.1, 0.15) is 0 Å². The number of halogens is 2. The highest BCUT2D eigenvalue weighted by molar-refractivity contribution is 5.94. The van der Waals surface area contributed by atoms with E-state index in [1.54, 1.807) is 6.92 Å². The van der Waals surface area contributed by atoms with E-state index in [9.17, 15) is 13.6 Å². The van der Waals surface area contributed by atoms with Gasteiger partial charge in [0.15, 0.2) is 6.61 Å². The number of hydrogen-bond donors (Lipinski definition) is 2. The molecule has 1 unspecified atom stereocenters. The zero-order chi connectivity index (χ0) is 13.5. The number of alkyl halides is 2. The van der Waals surface area contributed by atoms with Crippen LogP contribution in [0.5, 0.6) is 5.88 Å². The first-order chi connectivity index (χ1) is 8.52. The van der Waals surface area contributed by atoms with E-state index in [0.29, 0.717) is 0 Å². The van der Waals surface area contributed by atoms with Gasteiger partial charge >= 0.3 is 0 Å². The fourth-order valence-electron chi connectivity index (χ4n) is 1.10. The highest BCUT2D eigenvalue weighted by Gasteiger charge is 2.10. The number of hydrogen-bond acceptors (Lipinski definition) is 4. The van der Waals surface area contributed by atoms with Gasteiger partial charge in [-0.1, -0.05) is 0 Å². The van der Waals surface area contributed by atoms with Gasteiger partial charge in [-0.2, -0.15) is 0 Å². The molecule has 7 heteroatoms. The lowest BCUT2D eigenvalue weighted by molar-refractivity contribution is 0.0794. The summed E-state index contributed by atoms with van der Waals surface area (Å²) >= 11 is 0. The quantitative estimate of drug-likeness (QED) is 0.795. The smallest absolute Gasteiger partial charge is 0.272 e. The summed E-state index contributed by atoms with van der Waals surface area (Å²) in [6.45, 7) is 0.736. The number of nitrogens with zero attached hydrogens (tertiary/aromatic N) is 1. The van der Waals surface area contributed by atoms with Crippen molar-refractivity contribution in [3.63, 3.8) is 0 Å². The average molecular weight is 260 g/mol. The van der Waals surface area contributed by atoms with E-state index in [2.05, 4.69) is 15.0 Å². The number of amides is 1. The summed E-state index contributed by atoms with van der Waals surface area (Å²) in [6.07, 6.45) is -1.35. The van der Waals surface area contributed by atoms with E-state index in [1.807, 2.05) is 0 Å². The fraction of sp³-hybridized carbons (Fsp3) is 0.455. The monoisotopic (exact) mass is 260 g/mol. The molecule has 0 bridgehead atoms. The Labute approximate surface area is 103 Å². The molecule has 1 aromatic rings. The van der Waals surface area contributed by atoms with Gasteiger partial charge in [-0.3, -0.25) is 4.79 Å². The first-order valence-corrected chi connectivity index (χ1v) is 5.31. The average Bonchev–Trinajstić information content (AvgIpc) is 2.36. The van der Waals surface area contributed by atoms with Crippen molar-refractivity contribution in [1.29, 1.82) is 0 Å². The maximum absolute atomic E-state index is 11.9. The second-order valence-corrected chi connectivity index (χ2v) is 3.64. The Kier molecular flexibility index (Phi) is 5.44. The zero-order valence-electron chi connectivity index (χ0n) is 9.77. The Balaban J connectivity index is 2.56. The third-order valence-corrected chi connectivity index (χ3v) is 2.01. The summed E-state index contributed by atoms with van der Waals surface area (Å²) in [5.74, 6) is -0.369. The minimum Gasteiger partial charge on any atom is -0.472 e. The molecule has 0 radical (unpaired) electrons. The highest BCUT2D eigenvalue weighted by atomic mass is 19.3. The first kappa shape index (κ1) is 14.3. The normalized spacial score (nSPS) is 12.3. The molecule has 1 atom stereocenters. The number of aliphatic hydroxyl groups excluding tert-OH is 1. The summed E-state index contributed by atoms with van der Waals surface area (Å²) in [6, 6.07) is 2.38.